The summed E-state index contributed by atoms with van der Waals surface area (Å²) in [6.45, 7) is 1.65. The van der Waals surface area contributed by atoms with Crippen LogP contribution in [0.3, 0.4) is 0 Å². The highest BCUT2D eigenvalue weighted by molar-refractivity contribution is 5.80. The number of nitrogens with zero attached hydrogens (tertiary/aromatic N) is 1. The zero-order chi connectivity index (χ0) is 16.6. The maximum atomic E-state index is 12.3. The van der Waals surface area contributed by atoms with E-state index < -0.39 is 6.36 Å². The fraction of sp³-hybridized carbons (Fsp3) is 0.125. The van der Waals surface area contributed by atoms with E-state index in [1.165, 1.54) is 24.3 Å². The first-order valence-corrected chi connectivity index (χ1v) is 6.69. The molecule has 0 spiro atoms. The zero-order valence-electron chi connectivity index (χ0n) is 11.9. The summed E-state index contributed by atoms with van der Waals surface area (Å²) in [6.07, 6.45) is -3.18. The van der Waals surface area contributed by atoms with Gasteiger partial charge in [0, 0.05) is 11.8 Å². The van der Waals surface area contributed by atoms with Crippen molar-refractivity contribution in [3.8, 4) is 17.0 Å². The molecule has 2 heterocycles. The summed E-state index contributed by atoms with van der Waals surface area (Å²) in [4.78, 5) is 19.5. The van der Waals surface area contributed by atoms with Crippen LogP contribution in [-0.2, 0) is 0 Å². The number of halogens is 3. The minimum absolute atomic E-state index is 0.169. The molecule has 0 unspecified atom stereocenters. The van der Waals surface area contributed by atoms with E-state index in [1.54, 1.807) is 25.3 Å². The number of pyridine rings is 2. The Morgan fingerprint density at radius 1 is 1.13 bits per heavy atom. The number of ether oxygens (including phenoxy) is 1. The number of rotatable bonds is 2. The predicted molar refractivity (Wildman–Crippen MR) is 79.2 cm³/mol. The Kier molecular flexibility index (Phi) is 3.55. The third-order valence-electron chi connectivity index (χ3n) is 3.39. The summed E-state index contributed by atoms with van der Waals surface area (Å²) in [5, 5.41) is 0.464. The van der Waals surface area contributed by atoms with Gasteiger partial charge < -0.3 is 9.72 Å². The van der Waals surface area contributed by atoms with Gasteiger partial charge in [-0.1, -0.05) is 0 Å². The summed E-state index contributed by atoms with van der Waals surface area (Å²) in [5.41, 5.74) is 1.81. The molecule has 7 heteroatoms. The van der Waals surface area contributed by atoms with Crippen LogP contribution in [0, 0.1) is 6.92 Å². The van der Waals surface area contributed by atoms with Crippen molar-refractivity contribution in [1.82, 2.24) is 9.97 Å². The van der Waals surface area contributed by atoms with E-state index in [9.17, 15) is 18.0 Å². The molecule has 23 heavy (non-hydrogen) atoms. The van der Waals surface area contributed by atoms with Crippen LogP contribution in [0.15, 0.2) is 47.4 Å². The van der Waals surface area contributed by atoms with E-state index in [4.69, 9.17) is 0 Å². The monoisotopic (exact) mass is 320 g/mol. The van der Waals surface area contributed by atoms with Crippen LogP contribution in [-0.4, -0.2) is 16.3 Å². The van der Waals surface area contributed by atoms with Gasteiger partial charge in [-0.3, -0.25) is 4.79 Å². The maximum Gasteiger partial charge on any atom is 0.573 e. The normalized spacial score (nSPS) is 11.7. The fourth-order valence-electron chi connectivity index (χ4n) is 2.33. The topological polar surface area (TPSA) is 55.0 Å². The van der Waals surface area contributed by atoms with Gasteiger partial charge in [0.25, 0.3) is 0 Å². The highest BCUT2D eigenvalue weighted by Gasteiger charge is 2.31. The van der Waals surface area contributed by atoms with Gasteiger partial charge in [0.15, 0.2) is 5.43 Å². The van der Waals surface area contributed by atoms with Crippen molar-refractivity contribution >= 4 is 11.0 Å². The molecule has 0 amide bonds. The Morgan fingerprint density at radius 2 is 1.83 bits per heavy atom. The second-order valence-corrected chi connectivity index (χ2v) is 4.93. The number of H-pyrrole nitrogens is 1. The first kappa shape index (κ1) is 15.1. The molecule has 0 aliphatic heterocycles. The molecule has 1 aromatic carbocycles. The molecule has 2 aromatic heterocycles. The van der Waals surface area contributed by atoms with Crippen molar-refractivity contribution in [2.45, 2.75) is 13.3 Å². The predicted octanol–water partition coefficient (Wildman–Crippen LogP) is 3.80. The number of nitrogens with one attached hydrogen (secondary N) is 1. The van der Waals surface area contributed by atoms with Gasteiger partial charge in [-0.15, -0.1) is 13.2 Å². The number of aromatic amines is 1. The SMILES string of the molecule is Cc1c(-c2ccc(OC(F)(F)F)cc2)[nH]c2ncccc2c1=O. The Labute approximate surface area is 128 Å². The van der Waals surface area contributed by atoms with Crippen LogP contribution in [0.2, 0.25) is 0 Å². The van der Waals surface area contributed by atoms with Crippen LogP contribution in [0.4, 0.5) is 13.2 Å². The second-order valence-electron chi connectivity index (χ2n) is 4.93. The van der Waals surface area contributed by atoms with Gasteiger partial charge in [-0.05, 0) is 48.9 Å². The number of benzene rings is 1. The molecule has 0 radical (unpaired) electrons. The number of fused-ring (bicyclic) bond motifs is 1. The van der Waals surface area contributed by atoms with Crippen molar-refractivity contribution in [3.63, 3.8) is 0 Å². The largest absolute Gasteiger partial charge is 0.573 e. The van der Waals surface area contributed by atoms with Gasteiger partial charge in [0.05, 0.1) is 11.1 Å². The minimum atomic E-state index is -4.74. The molecular weight excluding hydrogens is 309 g/mol. The summed E-state index contributed by atoms with van der Waals surface area (Å²) in [5.74, 6) is -0.319. The number of alkyl halides is 3. The lowest BCUT2D eigenvalue weighted by molar-refractivity contribution is -0.274. The summed E-state index contributed by atoms with van der Waals surface area (Å²) in [6, 6.07) is 8.63. The molecule has 0 fully saturated rings. The maximum absolute atomic E-state index is 12.3. The average Bonchev–Trinajstić information content (AvgIpc) is 2.50. The van der Waals surface area contributed by atoms with E-state index in [0.717, 1.165) is 0 Å². The molecule has 0 saturated heterocycles. The number of hydrogen-bond acceptors (Lipinski definition) is 3. The number of aromatic nitrogens is 2. The zero-order valence-corrected chi connectivity index (χ0v) is 11.9. The fourth-order valence-corrected chi connectivity index (χ4v) is 2.33. The molecule has 1 N–H and O–H groups in total. The van der Waals surface area contributed by atoms with Gasteiger partial charge in [0.2, 0.25) is 0 Å². The van der Waals surface area contributed by atoms with Crippen molar-refractivity contribution in [2.75, 3.05) is 0 Å². The molecule has 118 valence electrons. The summed E-state index contributed by atoms with van der Waals surface area (Å²) >= 11 is 0. The Hall–Kier alpha value is -2.83. The van der Waals surface area contributed by atoms with Crippen molar-refractivity contribution in [2.24, 2.45) is 0 Å². The standard InChI is InChI=1S/C16H11F3N2O2/c1-9-13(21-15-12(14(9)22)3-2-8-20-15)10-4-6-11(7-5-10)23-16(17,18)19/h2-8H,1H3,(H,20,21,22). The Balaban J connectivity index is 2.07. The van der Waals surface area contributed by atoms with Crippen molar-refractivity contribution in [1.29, 1.82) is 0 Å². The molecule has 4 nitrogen and oxygen atoms in total. The lowest BCUT2D eigenvalue weighted by Gasteiger charge is -2.11. The molecule has 0 atom stereocenters. The van der Waals surface area contributed by atoms with Gasteiger partial charge >= 0.3 is 6.36 Å². The molecule has 3 rings (SSSR count). The first-order valence-electron chi connectivity index (χ1n) is 6.69. The highest BCUT2D eigenvalue weighted by Crippen LogP contribution is 2.27. The van der Waals surface area contributed by atoms with Crippen LogP contribution < -0.4 is 10.2 Å². The van der Waals surface area contributed by atoms with Gasteiger partial charge in [0.1, 0.15) is 11.4 Å². The van der Waals surface area contributed by atoms with Crippen molar-refractivity contribution < 1.29 is 17.9 Å². The first-order chi connectivity index (χ1) is 10.8. The van der Waals surface area contributed by atoms with Crippen molar-refractivity contribution in [3.05, 3.63) is 58.4 Å². The van der Waals surface area contributed by atoms with E-state index in [-0.39, 0.29) is 11.2 Å². The Morgan fingerprint density at radius 3 is 2.48 bits per heavy atom. The molecule has 0 saturated carbocycles. The van der Waals surface area contributed by atoms with E-state index in [1.807, 2.05) is 0 Å². The molecule has 0 aliphatic rings. The van der Waals surface area contributed by atoms with Crippen LogP contribution in [0.5, 0.6) is 5.75 Å². The van der Waals surface area contributed by atoms with Crippen LogP contribution >= 0.6 is 0 Å². The quantitative estimate of drug-likeness (QED) is 0.781. The van der Waals surface area contributed by atoms with E-state index >= 15 is 0 Å². The van der Waals surface area contributed by atoms with Gasteiger partial charge in [-0.25, -0.2) is 4.98 Å². The molecular formula is C16H11F3N2O2. The third-order valence-corrected chi connectivity index (χ3v) is 3.39. The minimum Gasteiger partial charge on any atom is -0.406 e. The third kappa shape index (κ3) is 3.03. The lowest BCUT2D eigenvalue weighted by atomic mass is 10.0. The highest BCUT2D eigenvalue weighted by atomic mass is 19.4. The number of hydrogen-bond donors (Lipinski definition) is 1. The van der Waals surface area contributed by atoms with Gasteiger partial charge in [-0.2, -0.15) is 0 Å². The second kappa shape index (κ2) is 5.42. The average molecular weight is 320 g/mol. The molecule has 0 aliphatic carbocycles. The Bertz CT molecular complexity index is 915. The lowest BCUT2D eigenvalue weighted by Crippen LogP contribution is -2.17. The van der Waals surface area contributed by atoms with E-state index in [2.05, 4.69) is 14.7 Å². The van der Waals surface area contributed by atoms with Crippen LogP contribution in [0.25, 0.3) is 22.3 Å². The summed E-state index contributed by atoms with van der Waals surface area (Å²) < 4.78 is 40.4. The van der Waals surface area contributed by atoms with E-state index in [0.29, 0.717) is 27.9 Å². The smallest absolute Gasteiger partial charge is 0.406 e. The van der Waals surface area contributed by atoms with Crippen LogP contribution in [0.1, 0.15) is 5.56 Å². The molecule has 3 aromatic rings. The molecule has 0 bridgehead atoms. The summed E-state index contributed by atoms with van der Waals surface area (Å²) in [7, 11) is 0.